The Morgan fingerprint density at radius 3 is 1.85 bits per heavy atom. The van der Waals surface area contributed by atoms with Crippen molar-refractivity contribution in [3.8, 4) is 5.75 Å². The first-order valence-corrected chi connectivity index (χ1v) is 8.11. The van der Waals surface area contributed by atoms with Crippen LogP contribution in [0, 0.1) is 0 Å². The van der Waals surface area contributed by atoms with Gasteiger partial charge in [0.05, 0.1) is 12.8 Å². The first kappa shape index (κ1) is 21.3. The highest BCUT2D eigenvalue weighted by atomic mass is 16.6. The monoisotopic (exact) mass is 365 g/mol. The molecule has 0 bridgehead atoms. The minimum absolute atomic E-state index is 0.123. The zero-order chi connectivity index (χ0) is 20.0. The summed E-state index contributed by atoms with van der Waals surface area (Å²) in [5, 5.41) is 4.82. The fraction of sp³-hybridized carbons (Fsp3) is 0.500. The molecule has 26 heavy (non-hydrogen) atoms. The Labute approximate surface area is 153 Å². The summed E-state index contributed by atoms with van der Waals surface area (Å²) >= 11 is 0. The molecule has 0 heterocycles. The number of guanidine groups is 1. The molecule has 2 amide bonds. The van der Waals surface area contributed by atoms with Gasteiger partial charge < -0.3 is 14.2 Å². The molecular weight excluding hydrogens is 338 g/mol. The van der Waals surface area contributed by atoms with Crippen LogP contribution in [-0.2, 0) is 9.47 Å². The highest BCUT2D eigenvalue weighted by Gasteiger charge is 2.21. The van der Waals surface area contributed by atoms with E-state index in [2.05, 4.69) is 15.6 Å². The molecule has 0 saturated heterocycles. The van der Waals surface area contributed by atoms with Gasteiger partial charge in [0, 0.05) is 6.07 Å². The van der Waals surface area contributed by atoms with Crippen molar-refractivity contribution in [3.05, 3.63) is 24.3 Å². The van der Waals surface area contributed by atoms with E-state index in [4.69, 9.17) is 14.2 Å². The molecule has 8 nitrogen and oxygen atoms in total. The number of benzene rings is 1. The molecule has 0 aliphatic carbocycles. The van der Waals surface area contributed by atoms with Crippen molar-refractivity contribution in [2.24, 2.45) is 4.99 Å². The van der Waals surface area contributed by atoms with Crippen LogP contribution in [0.5, 0.6) is 5.75 Å². The van der Waals surface area contributed by atoms with Crippen LogP contribution in [0.15, 0.2) is 29.3 Å². The third-order valence-corrected chi connectivity index (χ3v) is 2.53. The number of carbonyl (C=O) groups is 2. The molecule has 144 valence electrons. The van der Waals surface area contributed by atoms with E-state index < -0.39 is 23.4 Å². The van der Waals surface area contributed by atoms with Gasteiger partial charge in [-0.1, -0.05) is 6.07 Å². The van der Waals surface area contributed by atoms with Crippen molar-refractivity contribution < 1.29 is 23.8 Å². The predicted octanol–water partition coefficient (Wildman–Crippen LogP) is 3.73. The molecule has 0 unspecified atom stereocenters. The molecule has 0 aromatic heterocycles. The maximum atomic E-state index is 12.0. The van der Waals surface area contributed by atoms with Crippen molar-refractivity contribution >= 4 is 23.8 Å². The number of ether oxygens (including phenoxy) is 3. The minimum atomic E-state index is -0.754. The van der Waals surface area contributed by atoms with Gasteiger partial charge in [0.25, 0.3) is 0 Å². The molecule has 0 radical (unpaired) electrons. The highest BCUT2D eigenvalue weighted by molar-refractivity contribution is 6.02. The van der Waals surface area contributed by atoms with Gasteiger partial charge in [-0.2, -0.15) is 0 Å². The van der Waals surface area contributed by atoms with Crippen molar-refractivity contribution in [2.45, 2.75) is 52.7 Å². The fourth-order valence-corrected chi connectivity index (χ4v) is 1.70. The maximum absolute atomic E-state index is 12.0. The number of rotatable bonds is 2. The summed E-state index contributed by atoms with van der Waals surface area (Å²) in [7, 11) is 1.53. The largest absolute Gasteiger partial charge is 0.497 e. The Morgan fingerprint density at radius 1 is 0.923 bits per heavy atom. The third kappa shape index (κ3) is 8.91. The van der Waals surface area contributed by atoms with E-state index in [0.29, 0.717) is 11.4 Å². The van der Waals surface area contributed by atoms with Crippen LogP contribution in [0.4, 0.5) is 15.3 Å². The van der Waals surface area contributed by atoms with E-state index >= 15 is 0 Å². The van der Waals surface area contributed by atoms with E-state index in [1.54, 1.807) is 65.8 Å². The molecule has 0 saturated carbocycles. The zero-order valence-corrected chi connectivity index (χ0v) is 16.3. The number of hydrogen-bond donors (Lipinski definition) is 2. The number of methoxy groups -OCH3 is 1. The Balaban J connectivity index is 3.02. The molecule has 0 atom stereocenters. The van der Waals surface area contributed by atoms with Gasteiger partial charge >= 0.3 is 12.2 Å². The molecule has 0 spiro atoms. The molecule has 0 aliphatic heterocycles. The Hall–Kier alpha value is -2.77. The van der Waals surface area contributed by atoms with E-state index in [0.717, 1.165) is 0 Å². The van der Waals surface area contributed by atoms with Crippen LogP contribution < -0.4 is 15.4 Å². The van der Waals surface area contributed by atoms with Crippen LogP contribution in [0.3, 0.4) is 0 Å². The van der Waals surface area contributed by atoms with Crippen LogP contribution >= 0.6 is 0 Å². The topological polar surface area (TPSA) is 98.3 Å². The lowest BCUT2D eigenvalue weighted by Gasteiger charge is -2.22. The lowest BCUT2D eigenvalue weighted by atomic mass is 10.2. The SMILES string of the molecule is COc1cccc(N=C(NC(=O)OC(C)(C)C)NC(=O)OC(C)(C)C)c1. The number of aliphatic imine (C=N–C) groups is 1. The summed E-state index contributed by atoms with van der Waals surface area (Å²) in [5.41, 5.74) is -0.930. The highest BCUT2D eigenvalue weighted by Crippen LogP contribution is 2.19. The maximum Gasteiger partial charge on any atom is 0.414 e. The summed E-state index contributed by atoms with van der Waals surface area (Å²) in [6.07, 6.45) is -1.51. The molecule has 8 heteroatoms. The van der Waals surface area contributed by atoms with E-state index in [1.807, 2.05) is 0 Å². The number of nitrogens with zero attached hydrogens (tertiary/aromatic N) is 1. The fourth-order valence-electron chi connectivity index (χ4n) is 1.70. The molecule has 0 fully saturated rings. The number of nitrogens with one attached hydrogen (secondary N) is 2. The van der Waals surface area contributed by atoms with Gasteiger partial charge in [-0.25, -0.2) is 14.6 Å². The van der Waals surface area contributed by atoms with Gasteiger partial charge in [-0.05, 0) is 53.7 Å². The molecular formula is C18H27N3O5. The Bertz CT molecular complexity index is 640. The quantitative estimate of drug-likeness (QED) is 0.615. The number of hydrogen-bond acceptors (Lipinski definition) is 6. The van der Waals surface area contributed by atoms with Crippen molar-refractivity contribution in [3.63, 3.8) is 0 Å². The zero-order valence-electron chi connectivity index (χ0n) is 16.3. The molecule has 1 aromatic rings. The summed E-state index contributed by atoms with van der Waals surface area (Å²) < 4.78 is 15.5. The second kappa shape index (κ2) is 8.55. The lowest BCUT2D eigenvalue weighted by Crippen LogP contribution is -2.47. The lowest BCUT2D eigenvalue weighted by molar-refractivity contribution is 0.0545. The molecule has 0 aliphatic rings. The first-order chi connectivity index (χ1) is 11.9. The third-order valence-electron chi connectivity index (χ3n) is 2.53. The number of carbonyl (C=O) groups excluding carboxylic acids is 2. The number of amides is 2. The normalized spacial score (nSPS) is 11.2. The molecule has 2 N–H and O–H groups in total. The summed E-state index contributed by atoms with van der Waals surface area (Å²) in [5.74, 6) is 0.460. The van der Waals surface area contributed by atoms with E-state index in [9.17, 15) is 9.59 Å². The Morgan fingerprint density at radius 2 is 1.42 bits per heavy atom. The van der Waals surface area contributed by atoms with Gasteiger partial charge in [0.2, 0.25) is 5.96 Å². The summed E-state index contributed by atoms with van der Waals surface area (Å²) in [6.45, 7) is 10.4. The smallest absolute Gasteiger partial charge is 0.414 e. The first-order valence-electron chi connectivity index (χ1n) is 8.11. The van der Waals surface area contributed by atoms with Gasteiger partial charge in [-0.15, -0.1) is 0 Å². The minimum Gasteiger partial charge on any atom is -0.497 e. The second-order valence-electron chi connectivity index (χ2n) is 7.42. The van der Waals surface area contributed by atoms with E-state index in [1.165, 1.54) is 7.11 Å². The average Bonchev–Trinajstić information content (AvgIpc) is 2.42. The predicted molar refractivity (Wildman–Crippen MR) is 98.8 cm³/mol. The summed E-state index contributed by atoms with van der Waals surface area (Å²) in [4.78, 5) is 28.3. The van der Waals surface area contributed by atoms with Crippen LogP contribution in [0.1, 0.15) is 41.5 Å². The number of alkyl carbamates (subject to hydrolysis) is 2. The average molecular weight is 365 g/mol. The second-order valence-corrected chi connectivity index (χ2v) is 7.42. The van der Waals surface area contributed by atoms with E-state index in [-0.39, 0.29) is 5.96 Å². The standard InChI is InChI=1S/C18H27N3O5/c1-17(2,3)25-15(22)20-14(21-16(23)26-18(4,5)6)19-12-9-8-10-13(11-12)24-7/h8-11H,1-7H3,(H2,19,20,21,22,23). The Kier molecular flexibility index (Phi) is 7.00. The van der Waals surface area contributed by atoms with Crippen LogP contribution in [-0.4, -0.2) is 36.5 Å². The van der Waals surface area contributed by atoms with Crippen LogP contribution in [0.25, 0.3) is 0 Å². The van der Waals surface area contributed by atoms with Crippen molar-refractivity contribution in [2.75, 3.05) is 7.11 Å². The summed E-state index contributed by atoms with van der Waals surface area (Å²) in [6, 6.07) is 6.82. The molecule has 1 rings (SSSR count). The van der Waals surface area contributed by atoms with Crippen molar-refractivity contribution in [1.82, 2.24) is 10.6 Å². The van der Waals surface area contributed by atoms with Crippen LogP contribution in [0.2, 0.25) is 0 Å². The van der Waals surface area contributed by atoms with Gasteiger partial charge in [-0.3, -0.25) is 10.6 Å². The molecule has 1 aromatic carbocycles. The van der Waals surface area contributed by atoms with Gasteiger partial charge in [0.1, 0.15) is 17.0 Å². The van der Waals surface area contributed by atoms with Gasteiger partial charge in [0.15, 0.2) is 0 Å². The van der Waals surface area contributed by atoms with Crippen molar-refractivity contribution in [1.29, 1.82) is 0 Å².